The topological polar surface area (TPSA) is 51.2 Å². The monoisotopic (exact) mass is 376 g/mol. The summed E-state index contributed by atoms with van der Waals surface area (Å²) in [6.07, 6.45) is 7.85. The minimum Gasteiger partial charge on any atom is -0.462 e. The van der Waals surface area contributed by atoms with Gasteiger partial charge in [-0.3, -0.25) is 0 Å². The van der Waals surface area contributed by atoms with E-state index in [-0.39, 0.29) is 5.97 Å². The molecular weight excluding hydrogens is 352 g/mol. The second-order valence-electron chi connectivity index (χ2n) is 7.74. The molecule has 0 amide bonds. The lowest BCUT2D eigenvalue weighted by molar-refractivity contribution is 0.0532. The molecule has 0 unspecified atom stereocenters. The van der Waals surface area contributed by atoms with Crippen LogP contribution < -0.4 is 5.32 Å². The van der Waals surface area contributed by atoms with Crippen molar-refractivity contribution in [1.82, 2.24) is 4.98 Å². The third kappa shape index (κ3) is 3.47. The highest BCUT2D eigenvalue weighted by molar-refractivity contribution is 7.19. The molecule has 1 N–H and O–H groups in total. The Labute approximate surface area is 156 Å². The molecule has 0 saturated heterocycles. The standard InChI is InChI=1S/C19H24N2O2S2/c1-4-23-17(22)14-10-20-18(24-14)21-16-13-9-19(2,3)8-7-12(13)15(25-16)11-5-6-11/h10-11H,4-9H2,1-3H3,(H,20,21). The lowest BCUT2D eigenvalue weighted by Crippen LogP contribution is -2.22. The molecule has 0 spiro atoms. The smallest absolute Gasteiger partial charge is 0.350 e. The Morgan fingerprint density at radius 3 is 2.88 bits per heavy atom. The molecule has 2 aromatic rings. The summed E-state index contributed by atoms with van der Waals surface area (Å²) < 4.78 is 5.06. The summed E-state index contributed by atoms with van der Waals surface area (Å²) in [6, 6.07) is 0. The molecule has 1 saturated carbocycles. The van der Waals surface area contributed by atoms with E-state index in [0.717, 1.165) is 17.5 Å². The van der Waals surface area contributed by atoms with Gasteiger partial charge in [-0.2, -0.15) is 0 Å². The number of anilines is 2. The number of nitrogens with zero attached hydrogens (tertiary/aromatic N) is 1. The molecule has 4 nitrogen and oxygen atoms in total. The average Bonchev–Trinajstić information content (AvgIpc) is 3.20. The van der Waals surface area contributed by atoms with Gasteiger partial charge in [-0.25, -0.2) is 9.78 Å². The van der Waals surface area contributed by atoms with Crippen LogP contribution in [0, 0.1) is 5.41 Å². The lowest BCUT2D eigenvalue weighted by atomic mass is 9.74. The second-order valence-corrected chi connectivity index (χ2v) is 9.83. The molecule has 2 aromatic heterocycles. The fourth-order valence-electron chi connectivity index (χ4n) is 3.51. The number of esters is 1. The van der Waals surface area contributed by atoms with E-state index in [1.165, 1.54) is 47.6 Å². The number of nitrogens with one attached hydrogen (secondary N) is 1. The van der Waals surface area contributed by atoms with Crippen molar-refractivity contribution in [1.29, 1.82) is 0 Å². The van der Waals surface area contributed by atoms with Crippen LogP contribution in [0.5, 0.6) is 0 Å². The summed E-state index contributed by atoms with van der Waals surface area (Å²) >= 11 is 3.28. The van der Waals surface area contributed by atoms with E-state index in [2.05, 4.69) is 24.1 Å². The van der Waals surface area contributed by atoms with Gasteiger partial charge in [0.05, 0.1) is 17.8 Å². The van der Waals surface area contributed by atoms with Crippen molar-refractivity contribution >= 4 is 38.8 Å². The third-order valence-corrected chi connectivity index (χ3v) is 7.25. The molecular formula is C19H24N2O2S2. The molecule has 4 rings (SSSR count). The van der Waals surface area contributed by atoms with Gasteiger partial charge >= 0.3 is 5.97 Å². The van der Waals surface area contributed by atoms with Crippen molar-refractivity contribution in [3.05, 3.63) is 27.1 Å². The van der Waals surface area contributed by atoms with Crippen molar-refractivity contribution in [2.45, 2.75) is 58.8 Å². The highest BCUT2D eigenvalue weighted by Gasteiger charge is 2.36. The molecule has 0 atom stereocenters. The molecule has 2 heterocycles. The third-order valence-electron chi connectivity index (χ3n) is 5.01. The number of hydrogen-bond acceptors (Lipinski definition) is 6. The van der Waals surface area contributed by atoms with Crippen LogP contribution in [0.2, 0.25) is 0 Å². The van der Waals surface area contributed by atoms with Crippen LogP contribution in [0.1, 0.15) is 71.6 Å². The molecule has 2 aliphatic carbocycles. The van der Waals surface area contributed by atoms with E-state index in [0.29, 0.717) is 16.9 Å². The van der Waals surface area contributed by atoms with Crippen LogP contribution in [-0.4, -0.2) is 17.6 Å². The van der Waals surface area contributed by atoms with Crippen molar-refractivity contribution < 1.29 is 9.53 Å². The number of fused-ring (bicyclic) bond motifs is 1. The largest absolute Gasteiger partial charge is 0.462 e. The van der Waals surface area contributed by atoms with Gasteiger partial charge in [0.25, 0.3) is 0 Å². The maximum absolute atomic E-state index is 11.9. The Morgan fingerprint density at radius 2 is 2.16 bits per heavy atom. The number of hydrogen-bond donors (Lipinski definition) is 1. The second kappa shape index (κ2) is 6.40. The summed E-state index contributed by atoms with van der Waals surface area (Å²) in [6.45, 7) is 6.92. The first-order valence-corrected chi connectivity index (χ1v) is 10.6. The molecule has 0 radical (unpaired) electrons. The van der Waals surface area contributed by atoms with Crippen molar-refractivity contribution in [3.8, 4) is 0 Å². The highest BCUT2D eigenvalue weighted by atomic mass is 32.1. The fraction of sp³-hybridized carbons (Fsp3) is 0.579. The number of rotatable bonds is 5. The van der Waals surface area contributed by atoms with Crippen LogP contribution in [-0.2, 0) is 17.6 Å². The van der Waals surface area contributed by atoms with E-state index < -0.39 is 0 Å². The molecule has 0 aliphatic heterocycles. The van der Waals surface area contributed by atoms with Gasteiger partial charge in [-0.05, 0) is 61.5 Å². The van der Waals surface area contributed by atoms with E-state index in [1.54, 1.807) is 16.6 Å². The van der Waals surface area contributed by atoms with E-state index in [1.807, 2.05) is 18.3 Å². The summed E-state index contributed by atoms with van der Waals surface area (Å²) in [4.78, 5) is 18.4. The zero-order valence-corrected chi connectivity index (χ0v) is 16.6. The number of thiazole rings is 1. The minimum absolute atomic E-state index is 0.291. The Hall–Kier alpha value is -1.40. The average molecular weight is 377 g/mol. The number of carbonyl (C=O) groups excluding carboxylic acids is 1. The lowest BCUT2D eigenvalue weighted by Gasteiger charge is -2.30. The molecule has 134 valence electrons. The zero-order valence-electron chi connectivity index (χ0n) is 15.0. The van der Waals surface area contributed by atoms with Crippen molar-refractivity contribution in [2.24, 2.45) is 5.41 Å². The summed E-state index contributed by atoms with van der Waals surface area (Å²) in [7, 11) is 0. The van der Waals surface area contributed by atoms with E-state index >= 15 is 0 Å². The predicted molar refractivity (Wildman–Crippen MR) is 103 cm³/mol. The summed E-state index contributed by atoms with van der Waals surface area (Å²) in [5.74, 6) is 0.489. The zero-order chi connectivity index (χ0) is 17.6. The maximum Gasteiger partial charge on any atom is 0.350 e. The number of carbonyl (C=O) groups is 1. The summed E-state index contributed by atoms with van der Waals surface area (Å²) in [5, 5.41) is 5.52. The quantitative estimate of drug-likeness (QED) is 0.698. The molecule has 0 bridgehead atoms. The number of aromatic nitrogens is 1. The molecule has 2 aliphatic rings. The van der Waals surface area contributed by atoms with Gasteiger partial charge < -0.3 is 10.1 Å². The van der Waals surface area contributed by atoms with Crippen LogP contribution in [0.15, 0.2) is 6.20 Å². The first-order chi connectivity index (χ1) is 12.0. The minimum atomic E-state index is -0.291. The Morgan fingerprint density at radius 1 is 1.36 bits per heavy atom. The van der Waals surface area contributed by atoms with Crippen molar-refractivity contribution in [2.75, 3.05) is 11.9 Å². The van der Waals surface area contributed by atoms with Gasteiger partial charge in [0.2, 0.25) is 0 Å². The van der Waals surface area contributed by atoms with Gasteiger partial charge in [0.1, 0.15) is 4.88 Å². The van der Waals surface area contributed by atoms with E-state index in [9.17, 15) is 4.79 Å². The van der Waals surface area contributed by atoms with Gasteiger partial charge in [0.15, 0.2) is 5.13 Å². The Kier molecular flexibility index (Phi) is 4.36. The molecule has 1 fully saturated rings. The first kappa shape index (κ1) is 17.0. The Balaban J connectivity index is 1.61. The van der Waals surface area contributed by atoms with Crippen molar-refractivity contribution in [3.63, 3.8) is 0 Å². The molecule has 6 heteroatoms. The maximum atomic E-state index is 11.9. The van der Waals surface area contributed by atoms with Gasteiger partial charge in [-0.1, -0.05) is 25.2 Å². The predicted octanol–water partition coefficient (Wildman–Crippen LogP) is 5.52. The first-order valence-electron chi connectivity index (χ1n) is 9.01. The Bertz CT molecular complexity index is 802. The SMILES string of the molecule is CCOC(=O)c1cnc(Nc2sc(C3CC3)c3c2CC(C)(C)CC3)s1. The van der Waals surface area contributed by atoms with Gasteiger partial charge in [-0.15, -0.1) is 11.3 Å². The van der Waals surface area contributed by atoms with Crippen LogP contribution >= 0.6 is 22.7 Å². The van der Waals surface area contributed by atoms with Crippen LogP contribution in [0.4, 0.5) is 10.1 Å². The highest BCUT2D eigenvalue weighted by Crippen LogP contribution is 2.52. The summed E-state index contributed by atoms with van der Waals surface area (Å²) in [5.41, 5.74) is 3.43. The molecule has 25 heavy (non-hydrogen) atoms. The van der Waals surface area contributed by atoms with Crippen LogP contribution in [0.25, 0.3) is 0 Å². The van der Waals surface area contributed by atoms with Crippen LogP contribution in [0.3, 0.4) is 0 Å². The van der Waals surface area contributed by atoms with E-state index in [4.69, 9.17) is 4.74 Å². The van der Waals surface area contributed by atoms with Gasteiger partial charge in [0, 0.05) is 4.88 Å². The number of ether oxygens (including phenoxy) is 1. The fourth-order valence-corrected chi connectivity index (χ4v) is 5.73. The normalized spacial score (nSPS) is 18.7. The molecule has 0 aromatic carbocycles. The number of thiophene rings is 1.